The fourth-order valence-electron chi connectivity index (χ4n) is 7.10. The number of benzene rings is 1. The van der Waals surface area contributed by atoms with Gasteiger partial charge in [-0.25, -0.2) is 13.7 Å². The van der Waals surface area contributed by atoms with E-state index in [9.17, 15) is 14.0 Å². The molecule has 3 aromatic heterocycles. The van der Waals surface area contributed by atoms with E-state index in [-0.39, 0.29) is 31.0 Å². The summed E-state index contributed by atoms with van der Waals surface area (Å²) < 4.78 is 23.4. The number of likely N-dealkylation sites (tertiary alicyclic amines) is 2. The molecule has 0 unspecified atom stereocenters. The number of rotatable bonds is 5. The fraction of sp³-hybridized carbons (Fsp3) is 0.485. The number of halogens is 1. The van der Waals surface area contributed by atoms with Crippen molar-refractivity contribution < 1.29 is 18.7 Å². The smallest absolute Gasteiger partial charge is 0.409 e. The number of nitrogens with two attached hydrogens (primary N) is 1. The van der Waals surface area contributed by atoms with E-state index in [0.29, 0.717) is 37.0 Å². The van der Waals surface area contributed by atoms with Crippen molar-refractivity contribution >= 4 is 28.4 Å². The van der Waals surface area contributed by atoms with Crippen LogP contribution in [0.15, 0.2) is 42.6 Å². The number of pyridine rings is 1. The van der Waals surface area contributed by atoms with Crippen LogP contribution in [0.2, 0.25) is 0 Å². The molecule has 0 spiro atoms. The van der Waals surface area contributed by atoms with Gasteiger partial charge in [-0.3, -0.25) is 4.79 Å². The Morgan fingerprint density at radius 3 is 2.58 bits per heavy atom. The lowest BCUT2D eigenvalue weighted by Crippen LogP contribution is -2.50. The highest BCUT2D eigenvalue weighted by Gasteiger charge is 2.31. The summed E-state index contributed by atoms with van der Waals surface area (Å²) in [5.74, 6) is 0.786. The molecule has 4 aromatic rings. The van der Waals surface area contributed by atoms with Gasteiger partial charge in [0, 0.05) is 49.4 Å². The molecule has 9 nitrogen and oxygen atoms in total. The Morgan fingerprint density at radius 1 is 1.07 bits per heavy atom. The molecule has 7 rings (SSSR count). The number of fused-ring (bicyclic) bond motifs is 2. The second-order valence-electron chi connectivity index (χ2n) is 12.6. The topological polar surface area (TPSA) is 98.1 Å². The largest absolute Gasteiger partial charge is 0.453 e. The molecule has 10 heteroatoms. The molecule has 2 saturated heterocycles. The van der Waals surface area contributed by atoms with Gasteiger partial charge in [0.15, 0.2) is 0 Å². The second kappa shape index (κ2) is 11.0. The zero-order valence-corrected chi connectivity index (χ0v) is 24.8. The number of alkyl halides is 1. The van der Waals surface area contributed by atoms with Gasteiger partial charge in [0.05, 0.1) is 35.9 Å². The summed E-state index contributed by atoms with van der Waals surface area (Å²) in [6, 6.07) is 12.2. The van der Waals surface area contributed by atoms with Gasteiger partial charge in [-0.15, -0.1) is 0 Å². The van der Waals surface area contributed by atoms with Crippen LogP contribution in [0.4, 0.5) is 9.18 Å². The Morgan fingerprint density at radius 2 is 1.86 bits per heavy atom. The quantitative estimate of drug-likeness (QED) is 0.350. The minimum atomic E-state index is -1.10. The van der Waals surface area contributed by atoms with E-state index < -0.39 is 6.17 Å². The Labute approximate surface area is 250 Å². The molecule has 1 aromatic carbocycles. The van der Waals surface area contributed by atoms with Crippen molar-refractivity contribution in [3.8, 4) is 11.4 Å². The Bertz CT molecular complexity index is 1690. The van der Waals surface area contributed by atoms with Crippen LogP contribution < -0.4 is 5.73 Å². The summed E-state index contributed by atoms with van der Waals surface area (Å²) >= 11 is 0. The van der Waals surface area contributed by atoms with E-state index in [4.69, 9.17) is 15.6 Å². The van der Waals surface area contributed by atoms with Crippen LogP contribution in [0.5, 0.6) is 0 Å². The van der Waals surface area contributed by atoms with Crippen LogP contribution in [0, 0.1) is 12.8 Å². The van der Waals surface area contributed by atoms with Gasteiger partial charge < -0.3 is 24.8 Å². The van der Waals surface area contributed by atoms with Crippen LogP contribution in [0.1, 0.15) is 59.5 Å². The molecular weight excluding hydrogens is 547 g/mol. The summed E-state index contributed by atoms with van der Waals surface area (Å²) in [5.41, 5.74) is 13.0. The molecule has 0 radical (unpaired) electrons. The van der Waals surface area contributed by atoms with E-state index >= 15 is 0 Å². The second-order valence-corrected chi connectivity index (χ2v) is 12.6. The minimum absolute atomic E-state index is 0.0687. The highest BCUT2D eigenvalue weighted by molar-refractivity contribution is 5.95. The number of aromatic nitrogens is 3. The standard InChI is InChI=1S/C33H39FN6O3/c1-20-28-9-8-24(32(41)38-18-25(34)15-26(35)19-38)17-40(28)36-30(20)29-14-23-4-3-5-27(31(23)39(29)16-21-6-7-21)22-10-12-37(13-11-22)33(42)43-2/h3-5,8-9,14,17,21-22,25-26H,6-7,10-13,15-16,18-19,35H2,1-2H3/t25-,26-/m1/s1. The number of amides is 2. The van der Waals surface area contributed by atoms with Crippen molar-refractivity contribution in [3.63, 3.8) is 0 Å². The van der Waals surface area contributed by atoms with Gasteiger partial charge in [-0.2, -0.15) is 5.10 Å². The van der Waals surface area contributed by atoms with E-state index in [1.807, 2.05) is 12.1 Å². The molecule has 0 bridgehead atoms. The van der Waals surface area contributed by atoms with Crippen molar-refractivity contribution in [1.29, 1.82) is 0 Å². The molecule has 3 aliphatic rings. The normalized spacial score (nSPS) is 21.6. The lowest BCUT2D eigenvalue weighted by Gasteiger charge is -2.32. The van der Waals surface area contributed by atoms with Crippen molar-refractivity contribution in [2.24, 2.45) is 11.7 Å². The van der Waals surface area contributed by atoms with Gasteiger partial charge >= 0.3 is 6.09 Å². The van der Waals surface area contributed by atoms with Crippen molar-refractivity contribution in [1.82, 2.24) is 24.0 Å². The number of nitrogens with zero attached hydrogens (tertiary/aromatic N) is 5. The van der Waals surface area contributed by atoms with Gasteiger partial charge in [0.1, 0.15) is 11.9 Å². The van der Waals surface area contributed by atoms with E-state index in [0.717, 1.165) is 41.9 Å². The Balaban J connectivity index is 1.26. The van der Waals surface area contributed by atoms with E-state index in [2.05, 4.69) is 35.8 Å². The Hall–Kier alpha value is -3.92. The number of carbonyl (C=O) groups is 2. The van der Waals surface area contributed by atoms with E-state index in [1.54, 1.807) is 15.6 Å². The maximum Gasteiger partial charge on any atom is 0.409 e. The first-order valence-electron chi connectivity index (χ1n) is 15.4. The van der Waals surface area contributed by atoms with Crippen LogP contribution in [0.3, 0.4) is 0 Å². The third-order valence-electron chi connectivity index (χ3n) is 9.54. The third kappa shape index (κ3) is 5.15. The first-order chi connectivity index (χ1) is 20.8. The van der Waals surface area contributed by atoms with Crippen LogP contribution >= 0.6 is 0 Å². The van der Waals surface area contributed by atoms with Crippen LogP contribution in [-0.4, -0.2) is 81.5 Å². The molecule has 1 aliphatic carbocycles. The molecule has 3 fully saturated rings. The van der Waals surface area contributed by atoms with Crippen molar-refractivity contribution in [2.45, 2.75) is 63.7 Å². The van der Waals surface area contributed by atoms with Gasteiger partial charge in [0.2, 0.25) is 0 Å². The van der Waals surface area contributed by atoms with Crippen molar-refractivity contribution in [2.75, 3.05) is 33.3 Å². The average Bonchev–Trinajstić information content (AvgIpc) is 3.68. The van der Waals surface area contributed by atoms with Gasteiger partial charge in [0.25, 0.3) is 5.91 Å². The van der Waals surface area contributed by atoms with Crippen LogP contribution in [0.25, 0.3) is 27.8 Å². The lowest BCUT2D eigenvalue weighted by molar-refractivity contribution is 0.0606. The number of hydrogen-bond donors (Lipinski definition) is 1. The molecule has 2 amide bonds. The highest BCUT2D eigenvalue weighted by Crippen LogP contribution is 2.41. The number of carbonyl (C=O) groups excluding carboxylic acids is 2. The maximum absolute atomic E-state index is 14.2. The molecule has 2 aliphatic heterocycles. The fourth-order valence-corrected chi connectivity index (χ4v) is 7.10. The SMILES string of the molecule is COC(=O)N1CCC(c2cccc3cc(-c4nn5cc(C(=O)N6C[C@H](N)C[C@@H](F)C6)ccc5c4C)n(CC4CC4)c23)CC1. The summed E-state index contributed by atoms with van der Waals surface area (Å²) in [4.78, 5) is 28.7. The van der Waals surface area contributed by atoms with Crippen molar-refractivity contribution in [3.05, 3.63) is 59.3 Å². The number of para-hydroxylation sites is 1. The summed E-state index contributed by atoms with van der Waals surface area (Å²) in [6.07, 6.45) is 4.94. The van der Waals surface area contributed by atoms with Gasteiger partial charge in [-0.05, 0) is 74.6 Å². The molecule has 2 N–H and O–H groups in total. The highest BCUT2D eigenvalue weighted by atomic mass is 19.1. The average molecular weight is 587 g/mol. The molecule has 2 atom stereocenters. The predicted molar refractivity (Wildman–Crippen MR) is 163 cm³/mol. The van der Waals surface area contributed by atoms with Gasteiger partial charge in [-0.1, -0.05) is 18.2 Å². The molecule has 226 valence electrons. The molecule has 5 heterocycles. The predicted octanol–water partition coefficient (Wildman–Crippen LogP) is 5.13. The monoisotopic (exact) mass is 586 g/mol. The summed E-state index contributed by atoms with van der Waals surface area (Å²) in [7, 11) is 1.44. The first-order valence-corrected chi connectivity index (χ1v) is 15.4. The number of piperidine rings is 2. The first kappa shape index (κ1) is 27.9. The van der Waals surface area contributed by atoms with Crippen LogP contribution in [-0.2, 0) is 11.3 Å². The number of methoxy groups -OCH3 is 1. The molecule has 1 saturated carbocycles. The zero-order valence-electron chi connectivity index (χ0n) is 24.8. The Kier molecular flexibility index (Phi) is 7.12. The summed E-state index contributed by atoms with van der Waals surface area (Å²) in [6.45, 7) is 4.82. The molecule has 43 heavy (non-hydrogen) atoms. The molecular formula is C33H39FN6O3. The zero-order chi connectivity index (χ0) is 29.8. The number of ether oxygens (including phenoxy) is 1. The van der Waals surface area contributed by atoms with E-state index in [1.165, 1.54) is 41.3 Å². The number of hydrogen-bond acceptors (Lipinski definition) is 5. The number of aryl methyl sites for hydroxylation is 1. The third-order valence-corrected chi connectivity index (χ3v) is 9.54. The summed E-state index contributed by atoms with van der Waals surface area (Å²) in [5, 5.41) is 6.23. The lowest BCUT2D eigenvalue weighted by atomic mass is 9.88. The maximum atomic E-state index is 14.2. The minimum Gasteiger partial charge on any atom is -0.453 e.